The SMILES string of the molecule is COc1ccc(C(=O)Nc2nc(C)co2)c(N)c1. The Hall–Kier alpha value is -2.50. The average Bonchev–Trinajstić information content (AvgIpc) is 2.74. The van der Waals surface area contributed by atoms with Crippen molar-refractivity contribution in [2.24, 2.45) is 0 Å². The molecule has 0 bridgehead atoms. The number of nitrogen functional groups attached to an aromatic ring is 1. The van der Waals surface area contributed by atoms with E-state index in [1.165, 1.54) is 13.4 Å². The summed E-state index contributed by atoms with van der Waals surface area (Å²) in [4.78, 5) is 15.9. The van der Waals surface area contributed by atoms with Gasteiger partial charge in [-0.2, -0.15) is 4.98 Å². The molecular formula is C12H13N3O3. The summed E-state index contributed by atoms with van der Waals surface area (Å²) in [5, 5.41) is 2.52. The van der Waals surface area contributed by atoms with E-state index in [1.807, 2.05) is 0 Å². The molecule has 0 aliphatic heterocycles. The summed E-state index contributed by atoms with van der Waals surface area (Å²) in [5.74, 6) is 0.216. The smallest absolute Gasteiger partial charge is 0.301 e. The van der Waals surface area contributed by atoms with Crippen molar-refractivity contribution >= 4 is 17.6 Å². The number of carbonyl (C=O) groups excluding carboxylic acids is 1. The zero-order chi connectivity index (χ0) is 13.1. The summed E-state index contributed by atoms with van der Waals surface area (Å²) in [6.45, 7) is 1.76. The minimum Gasteiger partial charge on any atom is -0.497 e. The summed E-state index contributed by atoms with van der Waals surface area (Å²) >= 11 is 0. The normalized spacial score (nSPS) is 10.1. The molecule has 0 saturated carbocycles. The summed E-state index contributed by atoms with van der Waals surface area (Å²) in [5.41, 5.74) is 7.12. The molecule has 0 atom stereocenters. The fourth-order valence-electron chi connectivity index (χ4n) is 1.45. The number of oxazole rings is 1. The number of nitrogens with one attached hydrogen (secondary N) is 1. The summed E-state index contributed by atoms with van der Waals surface area (Å²) < 4.78 is 10.0. The predicted molar refractivity (Wildman–Crippen MR) is 66.6 cm³/mol. The molecule has 0 saturated heterocycles. The average molecular weight is 247 g/mol. The Bertz CT molecular complexity index is 578. The van der Waals surface area contributed by atoms with Gasteiger partial charge in [-0.3, -0.25) is 10.1 Å². The molecule has 1 heterocycles. The number of ether oxygens (including phenoxy) is 1. The molecule has 3 N–H and O–H groups in total. The van der Waals surface area contributed by atoms with Gasteiger partial charge in [0, 0.05) is 11.8 Å². The van der Waals surface area contributed by atoms with E-state index < -0.39 is 0 Å². The zero-order valence-corrected chi connectivity index (χ0v) is 10.1. The first-order valence-electron chi connectivity index (χ1n) is 5.27. The van der Waals surface area contributed by atoms with Crippen molar-refractivity contribution in [3.05, 3.63) is 35.7 Å². The van der Waals surface area contributed by atoms with E-state index in [0.717, 1.165) is 0 Å². The molecular weight excluding hydrogens is 234 g/mol. The fourth-order valence-corrected chi connectivity index (χ4v) is 1.45. The molecule has 6 nitrogen and oxygen atoms in total. The molecule has 94 valence electrons. The lowest BCUT2D eigenvalue weighted by Crippen LogP contribution is -2.14. The van der Waals surface area contributed by atoms with E-state index >= 15 is 0 Å². The zero-order valence-electron chi connectivity index (χ0n) is 10.1. The van der Waals surface area contributed by atoms with Crippen LogP contribution >= 0.6 is 0 Å². The highest BCUT2D eigenvalue weighted by molar-refractivity contribution is 6.06. The van der Waals surface area contributed by atoms with E-state index in [-0.39, 0.29) is 11.9 Å². The van der Waals surface area contributed by atoms with Crippen LogP contribution in [0.5, 0.6) is 5.75 Å². The Morgan fingerprint density at radius 1 is 1.50 bits per heavy atom. The van der Waals surface area contributed by atoms with Crippen LogP contribution in [-0.4, -0.2) is 18.0 Å². The van der Waals surface area contributed by atoms with E-state index in [2.05, 4.69) is 10.3 Å². The molecule has 0 aliphatic rings. The summed E-state index contributed by atoms with van der Waals surface area (Å²) in [6.07, 6.45) is 1.45. The van der Waals surface area contributed by atoms with Gasteiger partial charge in [0.1, 0.15) is 12.0 Å². The Balaban J connectivity index is 2.18. The van der Waals surface area contributed by atoms with Crippen LogP contribution in [0.3, 0.4) is 0 Å². The number of amides is 1. The highest BCUT2D eigenvalue weighted by Gasteiger charge is 2.13. The molecule has 0 fully saturated rings. The van der Waals surface area contributed by atoms with E-state index in [9.17, 15) is 4.79 Å². The first-order chi connectivity index (χ1) is 8.60. The molecule has 1 amide bonds. The Morgan fingerprint density at radius 3 is 2.83 bits per heavy atom. The maximum absolute atomic E-state index is 11.9. The van der Waals surface area contributed by atoms with Crippen LogP contribution in [0.25, 0.3) is 0 Å². The number of nitrogens with two attached hydrogens (primary N) is 1. The van der Waals surface area contributed by atoms with E-state index in [4.69, 9.17) is 14.9 Å². The molecule has 0 aliphatic carbocycles. The van der Waals surface area contributed by atoms with Crippen LogP contribution in [0.15, 0.2) is 28.9 Å². The lowest BCUT2D eigenvalue weighted by molar-refractivity contribution is 0.102. The monoisotopic (exact) mass is 247 g/mol. The van der Waals surface area contributed by atoms with Crippen LogP contribution < -0.4 is 15.8 Å². The van der Waals surface area contributed by atoms with Gasteiger partial charge in [-0.25, -0.2) is 0 Å². The van der Waals surface area contributed by atoms with Crippen LogP contribution in [0.1, 0.15) is 16.1 Å². The lowest BCUT2D eigenvalue weighted by Gasteiger charge is -2.06. The van der Waals surface area contributed by atoms with Gasteiger partial charge in [-0.15, -0.1) is 0 Å². The molecule has 0 radical (unpaired) electrons. The third-order valence-electron chi connectivity index (χ3n) is 2.34. The molecule has 1 aromatic heterocycles. The number of carbonyl (C=O) groups is 1. The van der Waals surface area contributed by atoms with Gasteiger partial charge in [-0.05, 0) is 19.1 Å². The van der Waals surface area contributed by atoms with Crippen LogP contribution in [0.4, 0.5) is 11.7 Å². The second-order valence-corrected chi connectivity index (χ2v) is 3.70. The van der Waals surface area contributed by atoms with Gasteiger partial charge < -0.3 is 14.9 Å². The second-order valence-electron chi connectivity index (χ2n) is 3.70. The molecule has 2 rings (SSSR count). The lowest BCUT2D eigenvalue weighted by atomic mass is 10.1. The van der Waals surface area contributed by atoms with Gasteiger partial charge in [0.15, 0.2) is 0 Å². The van der Waals surface area contributed by atoms with Crippen molar-refractivity contribution in [2.75, 3.05) is 18.2 Å². The molecule has 18 heavy (non-hydrogen) atoms. The van der Waals surface area contributed by atoms with Crippen molar-refractivity contribution in [1.82, 2.24) is 4.98 Å². The number of anilines is 2. The highest BCUT2D eigenvalue weighted by atomic mass is 16.5. The minimum atomic E-state index is -0.378. The number of aromatic nitrogens is 1. The van der Waals surface area contributed by atoms with Gasteiger partial charge >= 0.3 is 6.01 Å². The minimum absolute atomic E-state index is 0.146. The molecule has 0 unspecified atom stereocenters. The second kappa shape index (κ2) is 4.79. The van der Waals surface area contributed by atoms with Crippen LogP contribution in [0.2, 0.25) is 0 Å². The molecule has 2 aromatic rings. The number of hydrogen-bond acceptors (Lipinski definition) is 5. The van der Waals surface area contributed by atoms with Gasteiger partial charge in [0.25, 0.3) is 5.91 Å². The van der Waals surface area contributed by atoms with Crippen molar-refractivity contribution in [2.45, 2.75) is 6.92 Å². The van der Waals surface area contributed by atoms with E-state index in [1.54, 1.807) is 25.1 Å². The Morgan fingerprint density at radius 2 is 2.28 bits per heavy atom. The topological polar surface area (TPSA) is 90.4 Å². The summed E-state index contributed by atoms with van der Waals surface area (Å²) in [7, 11) is 1.53. The largest absolute Gasteiger partial charge is 0.497 e. The van der Waals surface area contributed by atoms with Gasteiger partial charge in [0.2, 0.25) is 0 Å². The number of rotatable bonds is 3. The Kier molecular flexibility index (Phi) is 3.18. The maximum atomic E-state index is 11.9. The third-order valence-corrected chi connectivity index (χ3v) is 2.34. The van der Waals surface area contributed by atoms with Crippen LogP contribution in [0, 0.1) is 6.92 Å². The van der Waals surface area contributed by atoms with Crippen LogP contribution in [-0.2, 0) is 0 Å². The predicted octanol–water partition coefficient (Wildman–Crippen LogP) is 1.83. The van der Waals surface area contributed by atoms with Crippen molar-refractivity contribution in [1.29, 1.82) is 0 Å². The van der Waals surface area contributed by atoms with Gasteiger partial charge in [0.05, 0.1) is 18.4 Å². The quantitative estimate of drug-likeness (QED) is 0.807. The fraction of sp³-hybridized carbons (Fsp3) is 0.167. The number of nitrogens with zero attached hydrogens (tertiary/aromatic N) is 1. The number of methoxy groups -OCH3 is 1. The third kappa shape index (κ3) is 2.42. The number of hydrogen-bond donors (Lipinski definition) is 2. The molecule has 0 spiro atoms. The number of benzene rings is 1. The van der Waals surface area contributed by atoms with Gasteiger partial charge in [-0.1, -0.05) is 0 Å². The maximum Gasteiger partial charge on any atom is 0.301 e. The first-order valence-corrected chi connectivity index (χ1v) is 5.27. The van der Waals surface area contributed by atoms with Crippen molar-refractivity contribution in [3.8, 4) is 5.75 Å². The molecule has 1 aromatic carbocycles. The Labute approximate surface area is 104 Å². The van der Waals surface area contributed by atoms with Crippen molar-refractivity contribution < 1.29 is 13.9 Å². The summed E-state index contributed by atoms with van der Waals surface area (Å²) in [6, 6.07) is 4.97. The standard InChI is InChI=1S/C12H13N3O3/c1-7-6-18-12(14-7)15-11(16)9-4-3-8(17-2)5-10(9)13/h3-6H,13H2,1-2H3,(H,14,15,16). The highest BCUT2D eigenvalue weighted by Crippen LogP contribution is 2.20. The molecule has 6 heteroatoms. The number of aryl methyl sites for hydroxylation is 1. The van der Waals surface area contributed by atoms with E-state index in [0.29, 0.717) is 22.7 Å². The first kappa shape index (κ1) is 12.0. The van der Waals surface area contributed by atoms with Crippen molar-refractivity contribution in [3.63, 3.8) is 0 Å².